The molecule has 0 spiro atoms. The van der Waals surface area contributed by atoms with E-state index in [1.807, 2.05) is 18.2 Å². The molecule has 0 fully saturated rings. The van der Waals surface area contributed by atoms with Crippen LogP contribution in [0.25, 0.3) is 0 Å². The highest BCUT2D eigenvalue weighted by Gasteiger charge is 2.05. The third-order valence-corrected chi connectivity index (χ3v) is 3.14. The SMILES string of the molecule is CC[C@@H](CC#N)NCc1ccccc1Br. The molecule has 0 radical (unpaired) electrons. The topological polar surface area (TPSA) is 35.8 Å². The monoisotopic (exact) mass is 266 g/mol. The van der Waals surface area contributed by atoms with Crippen molar-refractivity contribution in [3.8, 4) is 6.07 Å². The summed E-state index contributed by atoms with van der Waals surface area (Å²) in [5, 5.41) is 12.0. The summed E-state index contributed by atoms with van der Waals surface area (Å²) in [5.74, 6) is 0. The van der Waals surface area contributed by atoms with Crippen molar-refractivity contribution < 1.29 is 0 Å². The Morgan fingerprint density at radius 2 is 2.20 bits per heavy atom. The van der Waals surface area contributed by atoms with Gasteiger partial charge in [-0.3, -0.25) is 0 Å². The summed E-state index contributed by atoms with van der Waals surface area (Å²) < 4.78 is 1.12. The van der Waals surface area contributed by atoms with Crippen LogP contribution < -0.4 is 5.32 Å². The van der Waals surface area contributed by atoms with Gasteiger partial charge in [0.1, 0.15) is 0 Å². The maximum absolute atomic E-state index is 8.62. The van der Waals surface area contributed by atoms with Gasteiger partial charge in [-0.25, -0.2) is 0 Å². The van der Waals surface area contributed by atoms with Gasteiger partial charge in [-0.2, -0.15) is 5.26 Å². The number of benzene rings is 1. The maximum atomic E-state index is 8.62. The third-order valence-electron chi connectivity index (χ3n) is 2.37. The standard InChI is InChI=1S/C12H15BrN2/c1-2-11(7-8-14)15-9-10-5-3-4-6-12(10)13/h3-6,11,15H,2,7,9H2,1H3/t11-/m0/s1. The molecule has 2 nitrogen and oxygen atoms in total. The fourth-order valence-electron chi connectivity index (χ4n) is 1.37. The van der Waals surface area contributed by atoms with Crippen molar-refractivity contribution in [3.05, 3.63) is 34.3 Å². The summed E-state index contributed by atoms with van der Waals surface area (Å²) in [6, 6.07) is 10.6. The molecular weight excluding hydrogens is 252 g/mol. The van der Waals surface area contributed by atoms with E-state index in [0.29, 0.717) is 12.5 Å². The third kappa shape index (κ3) is 4.03. The second-order valence-corrected chi connectivity index (χ2v) is 4.29. The minimum Gasteiger partial charge on any atom is -0.309 e. The summed E-state index contributed by atoms with van der Waals surface area (Å²) in [6.07, 6.45) is 1.55. The van der Waals surface area contributed by atoms with Crippen molar-refractivity contribution in [3.63, 3.8) is 0 Å². The van der Waals surface area contributed by atoms with Crippen LogP contribution >= 0.6 is 15.9 Å². The lowest BCUT2D eigenvalue weighted by atomic mass is 10.1. The predicted octanol–water partition coefficient (Wildman–Crippen LogP) is 3.23. The molecule has 0 heterocycles. The molecule has 0 bridgehead atoms. The molecular formula is C12H15BrN2. The van der Waals surface area contributed by atoms with Crippen LogP contribution in [-0.4, -0.2) is 6.04 Å². The minimum atomic E-state index is 0.294. The molecule has 80 valence electrons. The number of hydrogen-bond acceptors (Lipinski definition) is 2. The van der Waals surface area contributed by atoms with Gasteiger partial charge in [-0.1, -0.05) is 41.1 Å². The van der Waals surface area contributed by atoms with Gasteiger partial charge >= 0.3 is 0 Å². The summed E-state index contributed by atoms with van der Waals surface area (Å²) in [6.45, 7) is 2.90. The van der Waals surface area contributed by atoms with Crippen LogP contribution in [0.1, 0.15) is 25.3 Å². The summed E-state index contributed by atoms with van der Waals surface area (Å²) in [5.41, 5.74) is 1.23. The molecule has 0 aliphatic heterocycles. The van der Waals surface area contributed by atoms with E-state index in [0.717, 1.165) is 17.4 Å². The molecule has 1 rings (SSSR count). The molecule has 0 amide bonds. The van der Waals surface area contributed by atoms with Gasteiger partial charge in [-0.15, -0.1) is 0 Å². The van der Waals surface area contributed by atoms with E-state index >= 15 is 0 Å². The Bertz CT molecular complexity index is 344. The van der Waals surface area contributed by atoms with Gasteiger partial charge in [0.15, 0.2) is 0 Å². The molecule has 0 aliphatic rings. The Labute approximate surface area is 99.4 Å². The van der Waals surface area contributed by atoms with Crippen LogP contribution in [0, 0.1) is 11.3 Å². The Morgan fingerprint density at radius 1 is 1.47 bits per heavy atom. The molecule has 0 saturated heterocycles. The van der Waals surface area contributed by atoms with Gasteiger partial charge in [0.05, 0.1) is 12.5 Å². The van der Waals surface area contributed by atoms with Gasteiger partial charge in [-0.05, 0) is 18.1 Å². The van der Waals surface area contributed by atoms with E-state index < -0.39 is 0 Å². The zero-order valence-corrected chi connectivity index (χ0v) is 10.4. The molecule has 1 atom stereocenters. The van der Waals surface area contributed by atoms with Crippen LogP contribution in [0.3, 0.4) is 0 Å². The second kappa shape index (κ2) is 6.60. The summed E-state index contributed by atoms with van der Waals surface area (Å²) in [4.78, 5) is 0. The summed E-state index contributed by atoms with van der Waals surface area (Å²) >= 11 is 3.50. The first kappa shape index (κ1) is 12.2. The van der Waals surface area contributed by atoms with E-state index in [-0.39, 0.29) is 0 Å². The van der Waals surface area contributed by atoms with Gasteiger partial charge in [0.2, 0.25) is 0 Å². The van der Waals surface area contributed by atoms with Crippen molar-refractivity contribution in [2.45, 2.75) is 32.4 Å². The lowest BCUT2D eigenvalue weighted by Gasteiger charge is -2.14. The number of halogens is 1. The smallest absolute Gasteiger partial charge is 0.0638 e. The van der Waals surface area contributed by atoms with Gasteiger partial charge in [0.25, 0.3) is 0 Å². The molecule has 0 aliphatic carbocycles. The van der Waals surface area contributed by atoms with Gasteiger partial charge in [0, 0.05) is 17.1 Å². The quantitative estimate of drug-likeness (QED) is 0.889. The van der Waals surface area contributed by atoms with Crippen molar-refractivity contribution in [2.24, 2.45) is 0 Å². The largest absolute Gasteiger partial charge is 0.309 e. The second-order valence-electron chi connectivity index (χ2n) is 3.44. The van der Waals surface area contributed by atoms with Crippen LogP contribution in [0.5, 0.6) is 0 Å². The predicted molar refractivity (Wildman–Crippen MR) is 65.3 cm³/mol. The molecule has 1 aromatic rings. The number of rotatable bonds is 5. The normalized spacial score (nSPS) is 12.1. The molecule has 0 saturated carbocycles. The highest BCUT2D eigenvalue weighted by molar-refractivity contribution is 9.10. The number of nitrogens with zero attached hydrogens (tertiary/aromatic N) is 1. The Balaban J connectivity index is 2.49. The van der Waals surface area contributed by atoms with E-state index in [1.54, 1.807) is 0 Å². The molecule has 0 aromatic heterocycles. The van der Waals surface area contributed by atoms with E-state index in [2.05, 4.69) is 40.3 Å². The summed E-state index contributed by atoms with van der Waals surface area (Å²) in [7, 11) is 0. The molecule has 1 aromatic carbocycles. The molecule has 0 unspecified atom stereocenters. The van der Waals surface area contributed by atoms with Crippen molar-refractivity contribution in [2.75, 3.05) is 0 Å². The van der Waals surface area contributed by atoms with Crippen LogP contribution in [-0.2, 0) is 6.54 Å². The zero-order chi connectivity index (χ0) is 11.1. The van der Waals surface area contributed by atoms with Crippen molar-refractivity contribution in [1.29, 1.82) is 5.26 Å². The lowest BCUT2D eigenvalue weighted by molar-refractivity contribution is 0.504. The van der Waals surface area contributed by atoms with E-state index in [9.17, 15) is 0 Å². The first-order valence-corrected chi connectivity index (χ1v) is 5.91. The maximum Gasteiger partial charge on any atom is 0.0638 e. The molecule has 15 heavy (non-hydrogen) atoms. The van der Waals surface area contributed by atoms with E-state index in [4.69, 9.17) is 5.26 Å². The highest BCUT2D eigenvalue weighted by atomic mass is 79.9. The first-order valence-electron chi connectivity index (χ1n) is 5.11. The number of nitriles is 1. The number of hydrogen-bond donors (Lipinski definition) is 1. The van der Waals surface area contributed by atoms with Crippen LogP contribution in [0.15, 0.2) is 28.7 Å². The Morgan fingerprint density at radius 3 is 2.80 bits per heavy atom. The fourth-order valence-corrected chi connectivity index (χ4v) is 1.79. The average Bonchev–Trinajstić information content (AvgIpc) is 2.26. The van der Waals surface area contributed by atoms with Gasteiger partial charge < -0.3 is 5.32 Å². The average molecular weight is 267 g/mol. The van der Waals surface area contributed by atoms with Crippen molar-refractivity contribution >= 4 is 15.9 Å². The lowest BCUT2D eigenvalue weighted by Crippen LogP contribution is -2.27. The number of nitrogens with one attached hydrogen (secondary N) is 1. The fraction of sp³-hybridized carbons (Fsp3) is 0.417. The van der Waals surface area contributed by atoms with E-state index in [1.165, 1.54) is 5.56 Å². The zero-order valence-electron chi connectivity index (χ0n) is 8.83. The first-order chi connectivity index (χ1) is 7.27. The molecule has 3 heteroatoms. The Kier molecular flexibility index (Phi) is 5.38. The Hall–Kier alpha value is -0.850. The highest BCUT2D eigenvalue weighted by Crippen LogP contribution is 2.15. The van der Waals surface area contributed by atoms with Crippen LogP contribution in [0.2, 0.25) is 0 Å². The van der Waals surface area contributed by atoms with Crippen LogP contribution in [0.4, 0.5) is 0 Å². The minimum absolute atomic E-state index is 0.294. The van der Waals surface area contributed by atoms with Crippen molar-refractivity contribution in [1.82, 2.24) is 5.32 Å². The molecule has 1 N–H and O–H groups in total.